The van der Waals surface area contributed by atoms with Crippen LogP contribution in [0.5, 0.6) is 0 Å². The normalized spacial score (nSPS) is 20.8. The van der Waals surface area contributed by atoms with Crippen LogP contribution < -0.4 is 5.73 Å². The molecule has 3 heteroatoms. The zero-order valence-corrected chi connectivity index (χ0v) is 14.9. The molecule has 2 aromatic carbocycles. The van der Waals surface area contributed by atoms with Crippen LogP contribution in [-0.4, -0.2) is 23.5 Å². The van der Waals surface area contributed by atoms with Crippen LogP contribution in [0.4, 0.5) is 4.39 Å². The highest BCUT2D eigenvalue weighted by molar-refractivity contribution is 5.16. The Morgan fingerprint density at radius 2 is 1.56 bits per heavy atom. The van der Waals surface area contributed by atoms with Crippen molar-refractivity contribution in [1.29, 1.82) is 0 Å². The lowest BCUT2D eigenvalue weighted by Crippen LogP contribution is -2.41. The van der Waals surface area contributed by atoms with Crippen LogP contribution in [0.3, 0.4) is 0 Å². The molecule has 0 amide bonds. The van der Waals surface area contributed by atoms with Gasteiger partial charge in [-0.2, -0.15) is 0 Å². The van der Waals surface area contributed by atoms with Crippen LogP contribution in [0.25, 0.3) is 0 Å². The van der Waals surface area contributed by atoms with Gasteiger partial charge in [0.05, 0.1) is 0 Å². The second-order valence-corrected chi connectivity index (χ2v) is 7.25. The van der Waals surface area contributed by atoms with E-state index in [2.05, 4.69) is 35.2 Å². The molecule has 1 aliphatic carbocycles. The van der Waals surface area contributed by atoms with Crippen molar-refractivity contribution in [2.75, 3.05) is 6.54 Å². The Kier molecular flexibility index (Phi) is 6.60. The molecule has 0 aliphatic heterocycles. The van der Waals surface area contributed by atoms with Crippen molar-refractivity contribution in [3.63, 3.8) is 0 Å². The number of nitrogens with two attached hydrogens (primary N) is 1. The number of nitrogens with zero attached hydrogens (tertiary/aromatic N) is 1. The van der Waals surface area contributed by atoms with Gasteiger partial charge < -0.3 is 5.73 Å². The minimum absolute atomic E-state index is 0.164. The summed E-state index contributed by atoms with van der Waals surface area (Å²) in [4.78, 5) is 2.59. The standard InChI is InChI=1S/C22H29FN2/c23-20-10-8-19(9-11-20)17-25(22-14-12-21(24)13-15-22)16-4-7-18-5-2-1-3-6-18/h1-3,5-6,8-11,21-22H,4,7,12-17,24H2. The van der Waals surface area contributed by atoms with Crippen molar-refractivity contribution in [1.82, 2.24) is 4.90 Å². The molecule has 0 atom stereocenters. The molecule has 2 nitrogen and oxygen atoms in total. The molecule has 0 saturated heterocycles. The van der Waals surface area contributed by atoms with Crippen LogP contribution in [0.1, 0.15) is 43.2 Å². The lowest BCUT2D eigenvalue weighted by Gasteiger charge is -2.36. The fraction of sp³-hybridized carbons (Fsp3) is 0.455. The first-order chi connectivity index (χ1) is 12.2. The van der Waals surface area contributed by atoms with Crippen molar-refractivity contribution in [3.05, 3.63) is 71.5 Å². The first-order valence-electron chi connectivity index (χ1n) is 9.49. The summed E-state index contributed by atoms with van der Waals surface area (Å²) in [6.07, 6.45) is 6.83. The van der Waals surface area contributed by atoms with Gasteiger partial charge in [0.25, 0.3) is 0 Å². The number of hydrogen-bond acceptors (Lipinski definition) is 2. The zero-order chi connectivity index (χ0) is 17.5. The molecule has 0 bridgehead atoms. The number of rotatable bonds is 7. The van der Waals surface area contributed by atoms with Gasteiger partial charge in [0, 0.05) is 18.6 Å². The van der Waals surface area contributed by atoms with Crippen molar-refractivity contribution in [2.24, 2.45) is 5.73 Å². The van der Waals surface area contributed by atoms with Gasteiger partial charge in [0.2, 0.25) is 0 Å². The maximum absolute atomic E-state index is 13.2. The van der Waals surface area contributed by atoms with Crippen molar-refractivity contribution in [3.8, 4) is 0 Å². The number of aryl methyl sites for hydroxylation is 1. The van der Waals surface area contributed by atoms with E-state index < -0.39 is 0 Å². The largest absolute Gasteiger partial charge is 0.328 e. The summed E-state index contributed by atoms with van der Waals surface area (Å²) in [5.74, 6) is -0.164. The first kappa shape index (κ1) is 18.1. The average molecular weight is 340 g/mol. The Morgan fingerprint density at radius 1 is 0.880 bits per heavy atom. The third kappa shape index (κ3) is 5.65. The molecular weight excluding hydrogens is 311 g/mol. The van der Waals surface area contributed by atoms with Gasteiger partial charge in [-0.25, -0.2) is 4.39 Å². The van der Waals surface area contributed by atoms with Crippen molar-refractivity contribution in [2.45, 2.75) is 57.2 Å². The Labute approximate surface area is 150 Å². The Hall–Kier alpha value is -1.71. The van der Waals surface area contributed by atoms with E-state index in [1.54, 1.807) is 12.1 Å². The lowest BCUT2D eigenvalue weighted by atomic mass is 9.90. The summed E-state index contributed by atoms with van der Waals surface area (Å²) in [7, 11) is 0. The summed E-state index contributed by atoms with van der Waals surface area (Å²) in [5.41, 5.74) is 8.67. The second-order valence-electron chi connectivity index (χ2n) is 7.25. The van der Waals surface area contributed by atoms with Crippen molar-refractivity contribution >= 4 is 0 Å². The summed E-state index contributed by atoms with van der Waals surface area (Å²) >= 11 is 0. The monoisotopic (exact) mass is 340 g/mol. The molecule has 0 aromatic heterocycles. The summed E-state index contributed by atoms with van der Waals surface area (Å²) < 4.78 is 13.2. The maximum Gasteiger partial charge on any atom is 0.123 e. The first-order valence-corrected chi connectivity index (χ1v) is 9.49. The molecule has 25 heavy (non-hydrogen) atoms. The Morgan fingerprint density at radius 3 is 2.24 bits per heavy atom. The molecule has 134 valence electrons. The van der Waals surface area contributed by atoms with E-state index in [1.165, 1.54) is 24.0 Å². The van der Waals surface area contributed by atoms with Gasteiger partial charge >= 0.3 is 0 Å². The molecule has 2 aromatic rings. The molecule has 1 saturated carbocycles. The van der Waals surface area contributed by atoms with E-state index >= 15 is 0 Å². The minimum Gasteiger partial charge on any atom is -0.328 e. The fourth-order valence-corrected chi connectivity index (χ4v) is 3.81. The summed E-state index contributed by atoms with van der Waals surface area (Å²) in [6.45, 7) is 1.97. The van der Waals surface area contributed by atoms with E-state index in [0.29, 0.717) is 12.1 Å². The van der Waals surface area contributed by atoms with Crippen LogP contribution in [0.2, 0.25) is 0 Å². The molecule has 1 fully saturated rings. The van der Waals surface area contributed by atoms with Gasteiger partial charge in [0.1, 0.15) is 5.82 Å². The van der Waals surface area contributed by atoms with Gasteiger partial charge in [0.15, 0.2) is 0 Å². The van der Waals surface area contributed by atoms with Gasteiger partial charge in [-0.15, -0.1) is 0 Å². The topological polar surface area (TPSA) is 29.3 Å². The number of hydrogen-bond donors (Lipinski definition) is 1. The van der Waals surface area contributed by atoms with Gasteiger partial charge in [-0.3, -0.25) is 4.90 Å². The molecule has 2 N–H and O–H groups in total. The third-order valence-corrected chi connectivity index (χ3v) is 5.31. The van der Waals surface area contributed by atoms with E-state index in [0.717, 1.165) is 38.8 Å². The number of benzene rings is 2. The summed E-state index contributed by atoms with van der Waals surface area (Å²) in [6, 6.07) is 18.6. The average Bonchev–Trinajstić information content (AvgIpc) is 2.64. The fourth-order valence-electron chi connectivity index (χ4n) is 3.81. The van der Waals surface area contributed by atoms with Gasteiger partial charge in [-0.1, -0.05) is 42.5 Å². The van der Waals surface area contributed by atoms with Gasteiger partial charge in [-0.05, 0) is 68.3 Å². The predicted octanol–water partition coefficient (Wildman–Crippen LogP) is 4.53. The SMILES string of the molecule is NC1CCC(N(CCCc2ccccc2)Cc2ccc(F)cc2)CC1. The van der Waals surface area contributed by atoms with Crippen LogP contribution in [0, 0.1) is 5.82 Å². The lowest BCUT2D eigenvalue weighted by molar-refractivity contribution is 0.140. The third-order valence-electron chi connectivity index (χ3n) is 5.31. The zero-order valence-electron chi connectivity index (χ0n) is 14.9. The summed E-state index contributed by atoms with van der Waals surface area (Å²) in [5, 5.41) is 0. The maximum atomic E-state index is 13.2. The molecule has 0 heterocycles. The van der Waals surface area contributed by atoms with E-state index in [4.69, 9.17) is 5.73 Å². The quantitative estimate of drug-likeness (QED) is 0.802. The molecule has 3 rings (SSSR count). The highest BCUT2D eigenvalue weighted by Gasteiger charge is 2.24. The molecule has 0 unspecified atom stereocenters. The molecule has 0 radical (unpaired) electrons. The van der Waals surface area contributed by atoms with Crippen LogP contribution in [-0.2, 0) is 13.0 Å². The van der Waals surface area contributed by atoms with E-state index in [-0.39, 0.29) is 5.82 Å². The van der Waals surface area contributed by atoms with Crippen molar-refractivity contribution < 1.29 is 4.39 Å². The Balaban J connectivity index is 1.60. The highest BCUT2D eigenvalue weighted by Crippen LogP contribution is 2.24. The van der Waals surface area contributed by atoms with E-state index in [9.17, 15) is 4.39 Å². The molecule has 1 aliphatic rings. The minimum atomic E-state index is -0.164. The molecule has 0 spiro atoms. The predicted molar refractivity (Wildman–Crippen MR) is 102 cm³/mol. The number of halogens is 1. The van der Waals surface area contributed by atoms with E-state index in [1.807, 2.05) is 12.1 Å². The van der Waals surface area contributed by atoms with Crippen LogP contribution >= 0.6 is 0 Å². The Bertz CT molecular complexity index is 618. The highest BCUT2D eigenvalue weighted by atomic mass is 19.1. The molecular formula is C22H29FN2. The van der Waals surface area contributed by atoms with Crippen LogP contribution in [0.15, 0.2) is 54.6 Å². The second kappa shape index (κ2) is 9.12. The smallest absolute Gasteiger partial charge is 0.123 e.